The molecule has 3 aromatic carbocycles. The number of aliphatic hydroxyl groups excluding tert-OH is 1. The van der Waals surface area contributed by atoms with E-state index in [0.717, 1.165) is 39.5 Å². The highest BCUT2D eigenvalue weighted by molar-refractivity contribution is 7.09. The van der Waals surface area contributed by atoms with Gasteiger partial charge in [-0.25, -0.2) is 14.6 Å². The number of alkyl carbamates (subject to hydrolysis) is 1. The number of ether oxygens (including phenoxy) is 1. The highest BCUT2D eigenvalue weighted by atomic mass is 32.1. The Balaban J connectivity index is 1.23. The number of aryl methyl sites for hydroxylation is 2. The van der Waals surface area contributed by atoms with Gasteiger partial charge in [-0.05, 0) is 48.3 Å². The summed E-state index contributed by atoms with van der Waals surface area (Å²) in [5, 5.41) is 23.6. The number of urea groups is 1. The Hall–Kier alpha value is -5.11. The predicted octanol–water partition coefficient (Wildman–Crippen LogP) is 6.57. The molecule has 2 aromatic heterocycles. The lowest BCUT2D eigenvalue weighted by Gasteiger charge is -2.30. The van der Waals surface area contributed by atoms with Gasteiger partial charge in [0.1, 0.15) is 12.6 Å². The number of aromatic nitrogens is 2. The van der Waals surface area contributed by atoms with Crippen LogP contribution in [0.25, 0.3) is 0 Å². The van der Waals surface area contributed by atoms with Crippen molar-refractivity contribution < 1.29 is 24.2 Å². The molecular weight excluding hydrogens is 733 g/mol. The molecule has 13 heteroatoms. The number of nitrogens with one attached hydrogen (secondary N) is 3. The molecule has 0 bridgehead atoms. The lowest BCUT2D eigenvalue weighted by atomic mass is 9.93. The minimum Gasteiger partial charge on any atom is -0.444 e. The molecule has 55 heavy (non-hydrogen) atoms. The smallest absolute Gasteiger partial charge is 0.407 e. The van der Waals surface area contributed by atoms with Crippen LogP contribution in [0, 0.1) is 5.92 Å². The van der Waals surface area contributed by atoms with Crippen molar-refractivity contribution >= 4 is 40.7 Å². The van der Waals surface area contributed by atoms with Crippen LogP contribution in [-0.4, -0.2) is 69.3 Å². The van der Waals surface area contributed by atoms with Crippen LogP contribution >= 0.6 is 22.7 Å². The molecule has 0 aliphatic carbocycles. The first-order chi connectivity index (χ1) is 26.6. The van der Waals surface area contributed by atoms with Gasteiger partial charge in [0.25, 0.3) is 0 Å². The summed E-state index contributed by atoms with van der Waals surface area (Å²) in [6, 6.07) is 27.0. The zero-order valence-corrected chi connectivity index (χ0v) is 33.1. The van der Waals surface area contributed by atoms with Crippen molar-refractivity contribution in [3.8, 4) is 0 Å². The summed E-state index contributed by atoms with van der Waals surface area (Å²) < 4.78 is 5.44. The predicted molar refractivity (Wildman–Crippen MR) is 217 cm³/mol. The van der Waals surface area contributed by atoms with Crippen LogP contribution < -0.4 is 16.0 Å². The van der Waals surface area contributed by atoms with E-state index in [-0.39, 0.29) is 24.9 Å². The fourth-order valence-electron chi connectivity index (χ4n) is 6.16. The molecular formula is C42H50N6O5S2. The average molecular weight is 783 g/mol. The van der Waals surface area contributed by atoms with E-state index in [1.165, 1.54) is 21.8 Å². The third kappa shape index (κ3) is 13.6. The fraction of sp³-hybridized carbons (Fsp3) is 0.357. The summed E-state index contributed by atoms with van der Waals surface area (Å²) in [6.45, 7) is 4.12. The normalized spacial score (nSPS) is 13.3. The number of aliphatic hydroxyl groups is 1. The number of hydrogen-bond acceptors (Lipinski definition) is 9. The Bertz CT molecular complexity index is 1890. The minimum absolute atomic E-state index is 0.0639. The molecule has 0 unspecified atom stereocenters. The number of hydrogen-bond donors (Lipinski definition) is 4. The highest BCUT2D eigenvalue weighted by Crippen LogP contribution is 2.17. The van der Waals surface area contributed by atoms with Gasteiger partial charge in [0.05, 0.1) is 39.8 Å². The maximum absolute atomic E-state index is 14.0. The van der Waals surface area contributed by atoms with Gasteiger partial charge >= 0.3 is 12.1 Å². The number of carbonyl (C=O) groups excluding carboxylic acids is 3. The lowest BCUT2D eigenvalue weighted by molar-refractivity contribution is -0.124. The van der Waals surface area contributed by atoms with E-state index in [0.29, 0.717) is 19.4 Å². The summed E-state index contributed by atoms with van der Waals surface area (Å²) >= 11 is 2.96. The van der Waals surface area contributed by atoms with Crippen molar-refractivity contribution in [3.63, 3.8) is 0 Å². The molecule has 4 amide bonds. The van der Waals surface area contributed by atoms with Gasteiger partial charge in [0.2, 0.25) is 5.91 Å². The van der Waals surface area contributed by atoms with E-state index in [9.17, 15) is 19.5 Å². The van der Waals surface area contributed by atoms with Gasteiger partial charge < -0.3 is 30.7 Å². The summed E-state index contributed by atoms with van der Waals surface area (Å²) in [7, 11) is 1.68. The second-order valence-corrected chi connectivity index (χ2v) is 15.8. The Labute approximate surface area is 331 Å². The van der Waals surface area contributed by atoms with Crippen molar-refractivity contribution in [1.29, 1.82) is 0 Å². The largest absolute Gasteiger partial charge is 0.444 e. The summed E-state index contributed by atoms with van der Waals surface area (Å²) in [6.07, 6.45) is 2.52. The van der Waals surface area contributed by atoms with Gasteiger partial charge in [-0.15, -0.1) is 22.7 Å². The number of benzene rings is 3. The van der Waals surface area contributed by atoms with Crippen LogP contribution in [-0.2, 0) is 48.4 Å². The van der Waals surface area contributed by atoms with E-state index in [2.05, 4.69) is 33.1 Å². The quantitative estimate of drug-likeness (QED) is 0.0742. The molecule has 2 heterocycles. The van der Waals surface area contributed by atoms with E-state index >= 15 is 0 Å². The number of carbonyl (C=O) groups is 3. The Morgan fingerprint density at radius 1 is 0.818 bits per heavy atom. The molecule has 290 valence electrons. The molecule has 0 radical (unpaired) electrons. The highest BCUT2D eigenvalue weighted by Gasteiger charge is 2.31. The number of amides is 4. The van der Waals surface area contributed by atoms with Crippen LogP contribution in [0.4, 0.5) is 9.59 Å². The zero-order valence-electron chi connectivity index (χ0n) is 31.5. The molecule has 0 aliphatic heterocycles. The van der Waals surface area contributed by atoms with Crippen LogP contribution in [0.2, 0.25) is 0 Å². The maximum atomic E-state index is 14.0. The second-order valence-electron chi connectivity index (χ2n) is 13.9. The fourth-order valence-corrected chi connectivity index (χ4v) is 7.45. The standard InChI is InChI=1S/C42H50N6O5S2/c1-29(2)39(47-41(51)48(3)25-34-27-54-38(44-34)20-19-30-13-7-4-8-14-30)40(50)45-33(21-31-15-9-5-10-16-31)23-37(49)36(22-32-17-11-6-12-18-32)46-42(52)53-26-35-24-43-28-55-35/h4-18,24,27-29,33,36-37,39,49H,19-23,25-26H2,1-3H3,(H,45,50)(H,46,52)(H,47,51)/t33-,36-,37-,39-/m0/s1. The Morgan fingerprint density at radius 3 is 2.07 bits per heavy atom. The first kappa shape index (κ1) is 41.1. The van der Waals surface area contributed by atoms with Gasteiger partial charge in [0, 0.05) is 31.1 Å². The first-order valence-corrected chi connectivity index (χ1v) is 20.2. The van der Waals surface area contributed by atoms with E-state index in [1.54, 1.807) is 30.1 Å². The number of thiazole rings is 2. The average Bonchev–Trinajstić information content (AvgIpc) is 3.88. The van der Waals surface area contributed by atoms with Crippen molar-refractivity contribution in [3.05, 3.63) is 140 Å². The van der Waals surface area contributed by atoms with Crippen molar-refractivity contribution in [2.75, 3.05) is 7.05 Å². The van der Waals surface area contributed by atoms with E-state index in [1.807, 2.05) is 98.1 Å². The molecule has 0 spiro atoms. The SMILES string of the molecule is CC(C)[C@H](NC(=O)N(C)Cc1csc(CCc2ccccc2)n1)C(=O)N[C@@H](Cc1ccccc1)C[C@H](O)[C@H](Cc1ccccc1)NC(=O)OCc1cncs1. The zero-order chi connectivity index (χ0) is 39.0. The van der Waals surface area contributed by atoms with Gasteiger partial charge in [-0.2, -0.15) is 0 Å². The van der Waals surface area contributed by atoms with Crippen molar-refractivity contribution in [2.45, 2.75) is 83.3 Å². The molecule has 11 nitrogen and oxygen atoms in total. The summed E-state index contributed by atoms with van der Waals surface area (Å²) in [5.41, 5.74) is 5.60. The molecule has 0 fully saturated rings. The van der Waals surface area contributed by atoms with Crippen LogP contribution in [0.5, 0.6) is 0 Å². The van der Waals surface area contributed by atoms with Crippen LogP contribution in [0.15, 0.2) is 108 Å². The van der Waals surface area contributed by atoms with Crippen molar-refractivity contribution in [2.24, 2.45) is 5.92 Å². The Morgan fingerprint density at radius 2 is 1.45 bits per heavy atom. The van der Waals surface area contributed by atoms with Gasteiger partial charge in [0.15, 0.2) is 0 Å². The molecule has 5 rings (SSSR count). The molecule has 0 saturated heterocycles. The monoisotopic (exact) mass is 782 g/mol. The van der Waals surface area contributed by atoms with Crippen LogP contribution in [0.1, 0.15) is 52.5 Å². The Kier molecular flexibility index (Phi) is 15.8. The van der Waals surface area contributed by atoms with Crippen molar-refractivity contribution in [1.82, 2.24) is 30.8 Å². The summed E-state index contributed by atoms with van der Waals surface area (Å²) in [5.74, 6) is -0.595. The van der Waals surface area contributed by atoms with E-state index in [4.69, 9.17) is 9.72 Å². The molecule has 4 atom stereocenters. The third-order valence-corrected chi connectivity index (χ3v) is 10.8. The summed E-state index contributed by atoms with van der Waals surface area (Å²) in [4.78, 5) is 51.5. The number of nitrogens with zero attached hydrogens (tertiary/aromatic N) is 3. The second kappa shape index (κ2) is 21.1. The molecule has 5 aromatic rings. The van der Waals surface area contributed by atoms with Gasteiger partial charge in [-0.1, -0.05) is 105 Å². The third-order valence-electron chi connectivity index (χ3n) is 9.14. The maximum Gasteiger partial charge on any atom is 0.407 e. The van der Waals surface area contributed by atoms with Crippen LogP contribution in [0.3, 0.4) is 0 Å². The lowest BCUT2D eigenvalue weighted by Crippen LogP contribution is -2.55. The van der Waals surface area contributed by atoms with E-state index < -0.39 is 36.4 Å². The first-order valence-electron chi connectivity index (χ1n) is 18.5. The molecule has 4 N–H and O–H groups in total. The minimum atomic E-state index is -1.06. The molecule has 0 aliphatic rings. The molecule has 0 saturated carbocycles. The number of rotatable bonds is 19. The van der Waals surface area contributed by atoms with Gasteiger partial charge in [-0.3, -0.25) is 9.78 Å². The topological polar surface area (TPSA) is 146 Å².